The molecule has 0 radical (unpaired) electrons. The van der Waals surface area contributed by atoms with Crippen molar-refractivity contribution in [2.24, 2.45) is 0 Å². The first kappa shape index (κ1) is 22.6. The van der Waals surface area contributed by atoms with Gasteiger partial charge in [-0.2, -0.15) is 13.2 Å². The summed E-state index contributed by atoms with van der Waals surface area (Å²) in [5.74, 6) is -0.691. The maximum absolute atomic E-state index is 13.4. The second-order valence-corrected chi connectivity index (χ2v) is 7.55. The van der Waals surface area contributed by atoms with Crippen LogP contribution in [-0.2, 0) is 6.18 Å². The number of ether oxygens (including phenoxy) is 1. The molecule has 0 aliphatic carbocycles. The van der Waals surface area contributed by atoms with E-state index < -0.39 is 29.8 Å². The van der Waals surface area contributed by atoms with Crippen molar-refractivity contribution in [1.82, 2.24) is 24.8 Å². The van der Waals surface area contributed by atoms with E-state index in [1.54, 1.807) is 36.1 Å². The molecule has 4 rings (SSSR count). The average molecular weight is 461 g/mol. The van der Waals surface area contributed by atoms with Gasteiger partial charge in [-0.05, 0) is 25.8 Å². The van der Waals surface area contributed by atoms with Gasteiger partial charge in [0.15, 0.2) is 17.3 Å². The van der Waals surface area contributed by atoms with Crippen LogP contribution < -0.4 is 4.74 Å². The number of alkyl halides is 3. The second kappa shape index (κ2) is 9.08. The fraction of sp³-hybridized carbons (Fsp3) is 0.318. The van der Waals surface area contributed by atoms with Crippen LogP contribution in [0.1, 0.15) is 35.8 Å². The number of benzene rings is 1. The van der Waals surface area contributed by atoms with Crippen molar-refractivity contribution in [3.8, 4) is 17.3 Å². The van der Waals surface area contributed by atoms with E-state index in [4.69, 9.17) is 4.74 Å². The van der Waals surface area contributed by atoms with Crippen molar-refractivity contribution in [1.29, 1.82) is 0 Å². The highest BCUT2D eigenvalue weighted by atomic mass is 19.4. The Kier molecular flexibility index (Phi) is 6.21. The molecule has 0 bridgehead atoms. The zero-order chi connectivity index (χ0) is 23.6. The number of hydrogen-bond acceptors (Lipinski definition) is 6. The maximum atomic E-state index is 13.4. The predicted molar refractivity (Wildman–Crippen MR) is 109 cm³/mol. The molecule has 1 saturated heterocycles. The molecule has 1 aromatic carbocycles. The second-order valence-electron chi connectivity index (χ2n) is 7.55. The number of piperidine rings is 1. The third kappa shape index (κ3) is 4.91. The van der Waals surface area contributed by atoms with Gasteiger partial charge in [0.1, 0.15) is 6.10 Å². The molecule has 1 aliphatic rings. The Labute approximate surface area is 186 Å². The molecule has 11 heteroatoms. The fourth-order valence-electron chi connectivity index (χ4n) is 3.70. The largest absolute Gasteiger partial charge is 0.471 e. The predicted octanol–water partition coefficient (Wildman–Crippen LogP) is 4.16. The summed E-state index contributed by atoms with van der Waals surface area (Å²) in [4.78, 5) is 30.1. The van der Waals surface area contributed by atoms with Crippen molar-refractivity contribution >= 4 is 5.91 Å². The number of likely N-dealkylation sites (tertiary alicyclic amines) is 1. The summed E-state index contributed by atoms with van der Waals surface area (Å²) in [6.07, 6.45) is -0.246. The number of rotatable bonds is 4. The molecule has 1 aliphatic heterocycles. The molecule has 1 amide bonds. The van der Waals surface area contributed by atoms with Gasteiger partial charge in [-0.25, -0.2) is 24.3 Å². The number of nitrogens with zero attached hydrogens (tertiary/aromatic N) is 5. The smallest absolute Gasteiger partial charge is 0.434 e. The molecule has 2 atom stereocenters. The highest BCUT2D eigenvalue weighted by molar-refractivity contribution is 6.00. The number of aromatic nitrogens is 4. The zero-order valence-electron chi connectivity index (χ0n) is 17.5. The topological polar surface area (TPSA) is 81.1 Å². The monoisotopic (exact) mass is 461 g/mol. The van der Waals surface area contributed by atoms with Crippen LogP contribution in [-0.4, -0.2) is 49.4 Å². The first-order valence-corrected chi connectivity index (χ1v) is 10.2. The van der Waals surface area contributed by atoms with E-state index >= 15 is 0 Å². The Morgan fingerprint density at radius 1 is 1.06 bits per heavy atom. The molecule has 2 aromatic heterocycles. The lowest BCUT2D eigenvalue weighted by molar-refractivity contribution is -0.141. The van der Waals surface area contributed by atoms with Crippen molar-refractivity contribution in [2.45, 2.75) is 38.1 Å². The van der Waals surface area contributed by atoms with Gasteiger partial charge >= 0.3 is 6.18 Å². The van der Waals surface area contributed by atoms with Crippen LogP contribution in [0.25, 0.3) is 11.4 Å². The lowest BCUT2D eigenvalue weighted by atomic mass is 9.97. The van der Waals surface area contributed by atoms with E-state index in [9.17, 15) is 22.4 Å². The summed E-state index contributed by atoms with van der Waals surface area (Å²) in [5, 5.41) is 0. The Bertz CT molecular complexity index is 1120. The minimum absolute atomic E-state index is 0.0470. The van der Waals surface area contributed by atoms with E-state index in [1.165, 1.54) is 0 Å². The Morgan fingerprint density at radius 3 is 2.45 bits per heavy atom. The normalized spacial score (nSPS) is 18.8. The van der Waals surface area contributed by atoms with E-state index in [1.807, 2.05) is 0 Å². The van der Waals surface area contributed by atoms with Gasteiger partial charge in [0.05, 0.1) is 36.4 Å². The fourth-order valence-corrected chi connectivity index (χ4v) is 3.70. The summed E-state index contributed by atoms with van der Waals surface area (Å²) < 4.78 is 57.1. The number of carbonyl (C=O) groups is 1. The van der Waals surface area contributed by atoms with Gasteiger partial charge < -0.3 is 9.64 Å². The molecule has 172 valence electrons. The molecule has 7 nitrogen and oxygen atoms in total. The van der Waals surface area contributed by atoms with Crippen molar-refractivity contribution in [3.63, 3.8) is 0 Å². The maximum Gasteiger partial charge on any atom is 0.434 e. The number of halogens is 4. The molecule has 0 unspecified atom stereocenters. The van der Waals surface area contributed by atoms with E-state index in [-0.39, 0.29) is 17.6 Å². The van der Waals surface area contributed by atoms with Crippen LogP contribution in [0.2, 0.25) is 0 Å². The van der Waals surface area contributed by atoms with Gasteiger partial charge in [-0.3, -0.25) is 4.79 Å². The lowest BCUT2D eigenvalue weighted by Crippen LogP contribution is -2.51. The van der Waals surface area contributed by atoms with E-state index in [2.05, 4.69) is 19.9 Å². The molecular formula is C22H19F4N5O2. The average Bonchev–Trinajstić information content (AvgIpc) is 2.80. The Morgan fingerprint density at radius 2 is 1.79 bits per heavy atom. The minimum Gasteiger partial charge on any atom is -0.471 e. The van der Waals surface area contributed by atoms with Crippen molar-refractivity contribution in [3.05, 3.63) is 66.1 Å². The molecule has 1 fully saturated rings. The Hall–Kier alpha value is -3.63. The number of hydrogen-bond donors (Lipinski definition) is 0. The molecule has 0 N–H and O–H groups in total. The molecule has 33 heavy (non-hydrogen) atoms. The van der Waals surface area contributed by atoms with Crippen LogP contribution in [0.15, 0.2) is 49.1 Å². The standard InChI is InChI=1S/C22H19F4N5O2/c1-13-17(33-19-12-27-18(11-28-19)22(24,25)26)7-4-8-31(13)21(32)16-6-3-2-5-15(16)20-29-9-14(23)10-30-20/h2-3,5-6,9-13,17H,4,7-8H2,1H3/t13-,17+/m0/s1. The van der Waals surface area contributed by atoms with Crippen LogP contribution >= 0.6 is 0 Å². The van der Waals surface area contributed by atoms with Gasteiger partial charge in [-0.15, -0.1) is 0 Å². The quantitative estimate of drug-likeness (QED) is 0.543. The first-order chi connectivity index (χ1) is 15.7. The zero-order valence-corrected chi connectivity index (χ0v) is 17.5. The van der Waals surface area contributed by atoms with Gasteiger partial charge in [0.25, 0.3) is 5.91 Å². The van der Waals surface area contributed by atoms with Gasteiger partial charge in [0.2, 0.25) is 5.88 Å². The van der Waals surface area contributed by atoms with E-state index in [0.29, 0.717) is 36.7 Å². The highest BCUT2D eigenvalue weighted by Crippen LogP contribution is 2.29. The first-order valence-electron chi connectivity index (χ1n) is 10.2. The van der Waals surface area contributed by atoms with Crippen LogP contribution in [0.3, 0.4) is 0 Å². The molecular weight excluding hydrogens is 442 g/mol. The number of carbonyl (C=O) groups excluding carboxylic acids is 1. The van der Waals surface area contributed by atoms with Gasteiger partial charge in [-0.1, -0.05) is 18.2 Å². The van der Waals surface area contributed by atoms with E-state index in [0.717, 1.165) is 18.6 Å². The highest BCUT2D eigenvalue weighted by Gasteiger charge is 2.35. The SMILES string of the molecule is C[C@H]1[C@H](Oc2cnc(C(F)(F)F)cn2)CCCN1C(=O)c1ccccc1-c1ncc(F)cn1. The van der Waals surface area contributed by atoms with Crippen LogP contribution in [0.5, 0.6) is 5.88 Å². The third-order valence-corrected chi connectivity index (χ3v) is 5.39. The van der Waals surface area contributed by atoms with Crippen LogP contribution in [0.4, 0.5) is 17.6 Å². The number of amides is 1. The third-order valence-electron chi connectivity index (χ3n) is 5.39. The summed E-state index contributed by atoms with van der Waals surface area (Å²) in [5.41, 5.74) is -0.291. The summed E-state index contributed by atoms with van der Waals surface area (Å²) >= 11 is 0. The van der Waals surface area contributed by atoms with Crippen LogP contribution in [0, 0.1) is 5.82 Å². The Balaban J connectivity index is 1.53. The lowest BCUT2D eigenvalue weighted by Gasteiger charge is -2.39. The summed E-state index contributed by atoms with van der Waals surface area (Å²) in [7, 11) is 0. The van der Waals surface area contributed by atoms with Gasteiger partial charge in [0, 0.05) is 12.1 Å². The minimum atomic E-state index is -4.59. The molecule has 0 spiro atoms. The molecule has 0 saturated carbocycles. The van der Waals surface area contributed by atoms with Crippen molar-refractivity contribution < 1.29 is 27.1 Å². The summed E-state index contributed by atoms with van der Waals surface area (Å²) in [6.45, 7) is 2.27. The molecule has 3 aromatic rings. The summed E-state index contributed by atoms with van der Waals surface area (Å²) in [6, 6.07) is 6.37. The molecule has 3 heterocycles. The van der Waals surface area contributed by atoms with Crippen molar-refractivity contribution in [2.75, 3.05) is 6.54 Å².